The van der Waals surface area contributed by atoms with E-state index in [0.29, 0.717) is 6.04 Å². The Hall–Kier alpha value is -0.160. The Balaban J connectivity index is 2.61. The van der Waals surface area contributed by atoms with Crippen molar-refractivity contribution in [3.8, 4) is 0 Å². The Morgan fingerprint density at radius 3 is 1.45 bits per heavy atom. The molecule has 1 rings (SSSR count). The quantitative estimate of drug-likeness (QED) is 0.774. The van der Waals surface area contributed by atoms with Crippen molar-refractivity contribution in [2.45, 2.75) is 33.7 Å². The molecule has 120 valence electrons. The molecule has 0 aromatic heterocycles. The van der Waals surface area contributed by atoms with Crippen LogP contribution in [0.5, 0.6) is 0 Å². The van der Waals surface area contributed by atoms with Gasteiger partial charge in [0, 0.05) is 58.4 Å². The van der Waals surface area contributed by atoms with E-state index in [9.17, 15) is 0 Å². The van der Waals surface area contributed by atoms with Gasteiger partial charge >= 0.3 is 0 Å². The van der Waals surface area contributed by atoms with Crippen LogP contribution in [-0.4, -0.2) is 98.1 Å². The minimum absolute atomic E-state index is 0.651. The third-order valence-corrected chi connectivity index (χ3v) is 4.63. The van der Waals surface area contributed by atoms with E-state index >= 15 is 0 Å². The summed E-state index contributed by atoms with van der Waals surface area (Å²) in [4.78, 5) is 10.3. The summed E-state index contributed by atoms with van der Waals surface area (Å²) in [7, 11) is 2.26. The summed E-state index contributed by atoms with van der Waals surface area (Å²) in [5, 5.41) is 0. The Labute approximate surface area is 126 Å². The molecule has 0 amide bonds. The van der Waals surface area contributed by atoms with Crippen molar-refractivity contribution < 1.29 is 0 Å². The summed E-state index contributed by atoms with van der Waals surface area (Å²) in [5.74, 6) is 0. The third kappa shape index (κ3) is 6.53. The third-order valence-electron chi connectivity index (χ3n) is 4.63. The average molecular weight is 284 g/mol. The number of hydrogen-bond donors (Lipinski definition) is 0. The van der Waals surface area contributed by atoms with Crippen molar-refractivity contribution in [1.29, 1.82) is 0 Å². The van der Waals surface area contributed by atoms with E-state index in [0.717, 1.165) is 0 Å². The zero-order valence-corrected chi connectivity index (χ0v) is 14.4. The maximum Gasteiger partial charge on any atom is 0.0113 e. The smallest absolute Gasteiger partial charge is 0.0113 e. The first-order chi connectivity index (χ1) is 9.56. The van der Waals surface area contributed by atoms with Gasteiger partial charge in [0.25, 0.3) is 0 Å². The molecule has 0 radical (unpaired) electrons. The standard InChI is InChI=1S/C16H36N4/c1-6-18-10-8-17(5)9-11-19(7-2)13-15-20(14-12-18)16(3)4/h16H,6-15H2,1-5H3. The molecule has 20 heavy (non-hydrogen) atoms. The average Bonchev–Trinajstić information content (AvgIpc) is 2.42. The molecule has 0 N–H and O–H groups in total. The Morgan fingerprint density at radius 2 is 1.10 bits per heavy atom. The highest BCUT2D eigenvalue weighted by Crippen LogP contribution is 2.02. The molecule has 0 spiro atoms. The highest BCUT2D eigenvalue weighted by Gasteiger charge is 2.15. The molecule has 4 heteroatoms. The first-order valence-electron chi connectivity index (χ1n) is 8.44. The summed E-state index contributed by atoms with van der Waals surface area (Å²) in [6, 6.07) is 0.651. The largest absolute Gasteiger partial charge is 0.304 e. The Morgan fingerprint density at radius 1 is 0.700 bits per heavy atom. The van der Waals surface area contributed by atoms with Crippen LogP contribution in [0.3, 0.4) is 0 Å². The molecule has 0 unspecified atom stereocenters. The number of rotatable bonds is 3. The predicted octanol–water partition coefficient (Wildman–Crippen LogP) is 1.29. The van der Waals surface area contributed by atoms with Crippen LogP contribution in [-0.2, 0) is 0 Å². The summed E-state index contributed by atoms with van der Waals surface area (Å²) >= 11 is 0. The van der Waals surface area contributed by atoms with Crippen molar-refractivity contribution in [1.82, 2.24) is 19.6 Å². The van der Waals surface area contributed by atoms with Gasteiger partial charge in [0.15, 0.2) is 0 Å². The molecule has 1 fully saturated rings. The van der Waals surface area contributed by atoms with Gasteiger partial charge in [-0.1, -0.05) is 13.8 Å². The maximum atomic E-state index is 2.64. The predicted molar refractivity (Wildman–Crippen MR) is 88.4 cm³/mol. The summed E-state index contributed by atoms with van der Waals surface area (Å²) in [5.41, 5.74) is 0. The Bertz CT molecular complexity index is 225. The van der Waals surface area contributed by atoms with E-state index < -0.39 is 0 Å². The van der Waals surface area contributed by atoms with Gasteiger partial charge in [-0.15, -0.1) is 0 Å². The minimum atomic E-state index is 0.651. The van der Waals surface area contributed by atoms with E-state index in [2.05, 4.69) is 54.3 Å². The van der Waals surface area contributed by atoms with E-state index in [1.807, 2.05) is 0 Å². The second-order valence-corrected chi connectivity index (χ2v) is 6.30. The summed E-state index contributed by atoms with van der Waals surface area (Å²) in [6.45, 7) is 21.1. The van der Waals surface area contributed by atoms with Gasteiger partial charge in [0.1, 0.15) is 0 Å². The fourth-order valence-electron chi connectivity index (χ4n) is 2.76. The lowest BCUT2D eigenvalue weighted by molar-refractivity contribution is 0.130. The van der Waals surface area contributed by atoms with Gasteiger partial charge in [0.2, 0.25) is 0 Å². The van der Waals surface area contributed by atoms with Crippen LogP contribution in [0.1, 0.15) is 27.7 Å². The Kier molecular flexibility index (Phi) is 8.69. The van der Waals surface area contributed by atoms with E-state index in [4.69, 9.17) is 0 Å². The second-order valence-electron chi connectivity index (χ2n) is 6.30. The highest BCUT2D eigenvalue weighted by molar-refractivity contribution is 4.71. The van der Waals surface area contributed by atoms with E-state index in [-0.39, 0.29) is 0 Å². The summed E-state index contributed by atoms with van der Waals surface area (Å²) < 4.78 is 0. The minimum Gasteiger partial charge on any atom is -0.304 e. The maximum absolute atomic E-state index is 2.64. The van der Waals surface area contributed by atoms with Crippen LogP contribution in [0.25, 0.3) is 0 Å². The molecule has 0 bridgehead atoms. The molecule has 0 atom stereocenters. The van der Waals surface area contributed by atoms with Crippen molar-refractivity contribution in [3.63, 3.8) is 0 Å². The fraction of sp³-hybridized carbons (Fsp3) is 1.00. The fourth-order valence-corrected chi connectivity index (χ4v) is 2.76. The van der Waals surface area contributed by atoms with Crippen molar-refractivity contribution in [2.75, 3.05) is 72.5 Å². The SMILES string of the molecule is CCN1CCN(C)CCN(CC)CCN(C(C)C)CC1. The molecule has 0 aromatic carbocycles. The van der Waals surface area contributed by atoms with Crippen molar-refractivity contribution >= 4 is 0 Å². The van der Waals surface area contributed by atoms with Crippen molar-refractivity contribution in [3.05, 3.63) is 0 Å². The first kappa shape index (κ1) is 17.9. The first-order valence-corrected chi connectivity index (χ1v) is 8.44. The van der Waals surface area contributed by atoms with E-state index in [1.54, 1.807) is 0 Å². The van der Waals surface area contributed by atoms with Crippen LogP contribution in [0.4, 0.5) is 0 Å². The zero-order valence-electron chi connectivity index (χ0n) is 14.4. The van der Waals surface area contributed by atoms with Crippen LogP contribution in [0, 0.1) is 0 Å². The second kappa shape index (κ2) is 9.72. The molecule has 1 saturated heterocycles. The van der Waals surface area contributed by atoms with Crippen molar-refractivity contribution in [2.24, 2.45) is 0 Å². The molecule has 0 saturated carbocycles. The number of hydrogen-bond acceptors (Lipinski definition) is 4. The number of nitrogens with zero attached hydrogens (tertiary/aromatic N) is 4. The van der Waals surface area contributed by atoms with Gasteiger partial charge in [-0.05, 0) is 34.0 Å². The van der Waals surface area contributed by atoms with Crippen LogP contribution in [0.2, 0.25) is 0 Å². The van der Waals surface area contributed by atoms with Crippen LogP contribution in [0.15, 0.2) is 0 Å². The number of likely N-dealkylation sites (N-methyl/N-ethyl adjacent to an activating group) is 3. The van der Waals surface area contributed by atoms with Crippen LogP contribution >= 0.6 is 0 Å². The molecule has 0 aliphatic carbocycles. The van der Waals surface area contributed by atoms with Gasteiger partial charge in [-0.3, -0.25) is 4.90 Å². The topological polar surface area (TPSA) is 13.0 Å². The zero-order chi connectivity index (χ0) is 15.0. The molecular formula is C16H36N4. The van der Waals surface area contributed by atoms with Gasteiger partial charge in [-0.2, -0.15) is 0 Å². The van der Waals surface area contributed by atoms with Gasteiger partial charge in [0.05, 0.1) is 0 Å². The molecule has 4 nitrogen and oxygen atoms in total. The monoisotopic (exact) mass is 284 g/mol. The highest BCUT2D eigenvalue weighted by atomic mass is 15.3. The lowest BCUT2D eigenvalue weighted by atomic mass is 10.3. The lowest BCUT2D eigenvalue weighted by Gasteiger charge is -2.34. The van der Waals surface area contributed by atoms with E-state index in [1.165, 1.54) is 65.4 Å². The molecule has 1 aliphatic rings. The lowest BCUT2D eigenvalue weighted by Crippen LogP contribution is -2.46. The molecule has 0 aromatic rings. The summed E-state index contributed by atoms with van der Waals surface area (Å²) in [6.07, 6.45) is 0. The van der Waals surface area contributed by atoms with Crippen LogP contribution < -0.4 is 0 Å². The normalized spacial score (nSPS) is 23.7. The van der Waals surface area contributed by atoms with Gasteiger partial charge in [-0.25, -0.2) is 0 Å². The molecule has 1 aliphatic heterocycles. The molecular weight excluding hydrogens is 248 g/mol. The molecule has 1 heterocycles. The van der Waals surface area contributed by atoms with Gasteiger partial charge < -0.3 is 14.7 Å².